The second kappa shape index (κ2) is 7.87. The van der Waals surface area contributed by atoms with E-state index in [1.54, 1.807) is 24.3 Å². The molecule has 2 heterocycles. The number of rotatable bonds is 4. The van der Waals surface area contributed by atoms with Gasteiger partial charge >= 0.3 is 5.97 Å². The van der Waals surface area contributed by atoms with Crippen molar-refractivity contribution in [2.75, 3.05) is 0 Å². The van der Waals surface area contributed by atoms with Crippen LogP contribution in [0.5, 0.6) is 0 Å². The smallest absolute Gasteiger partial charge is 0.306 e. The summed E-state index contributed by atoms with van der Waals surface area (Å²) in [6.07, 6.45) is 0.592. The van der Waals surface area contributed by atoms with E-state index in [2.05, 4.69) is 9.97 Å². The molecular weight excluding hydrogens is 374 g/mol. The zero-order valence-corrected chi connectivity index (χ0v) is 16.7. The Balaban J connectivity index is 1.93. The van der Waals surface area contributed by atoms with E-state index in [9.17, 15) is 14.9 Å². The molecule has 2 aromatic heterocycles. The first-order chi connectivity index (χ1) is 13.2. The molecule has 0 radical (unpaired) electrons. The number of pyridine rings is 1. The van der Waals surface area contributed by atoms with Crippen molar-refractivity contribution in [1.29, 1.82) is 5.26 Å². The van der Waals surface area contributed by atoms with Crippen LogP contribution in [0.25, 0.3) is 20.8 Å². The molecule has 0 spiro atoms. The van der Waals surface area contributed by atoms with Crippen molar-refractivity contribution >= 4 is 27.4 Å². The minimum atomic E-state index is -0.542. The molecule has 0 aliphatic rings. The van der Waals surface area contributed by atoms with Crippen molar-refractivity contribution < 1.29 is 9.53 Å². The minimum Gasteiger partial charge on any atom is -0.460 e. The van der Waals surface area contributed by atoms with Crippen LogP contribution in [-0.4, -0.2) is 21.5 Å². The average molecular weight is 393 g/mol. The molecule has 0 aliphatic heterocycles. The second-order valence-electron chi connectivity index (χ2n) is 7.26. The van der Waals surface area contributed by atoms with Gasteiger partial charge < -0.3 is 4.74 Å². The standard InChI is InChI=1S/C21H19N3O3S/c1-21(2,3)27-18(25)9-8-13-10-14(12-22)23-16(11-13)20-24-19(26)15-6-4-5-7-17(15)28-20/h4-7,10-11H,8-9H2,1-3H3. The fraction of sp³-hybridized carbons (Fsp3) is 0.286. The maximum absolute atomic E-state index is 12.3. The van der Waals surface area contributed by atoms with Crippen LogP contribution in [-0.2, 0) is 16.0 Å². The van der Waals surface area contributed by atoms with Gasteiger partial charge in [-0.25, -0.2) is 4.98 Å². The second-order valence-corrected chi connectivity index (χ2v) is 8.30. The van der Waals surface area contributed by atoms with Gasteiger partial charge in [0.2, 0.25) is 0 Å². The Labute approximate surface area is 166 Å². The number of aryl methyl sites for hydroxylation is 1. The quantitative estimate of drug-likeness (QED) is 0.625. The summed E-state index contributed by atoms with van der Waals surface area (Å²) in [5, 5.41) is 10.3. The molecule has 3 aromatic rings. The first-order valence-electron chi connectivity index (χ1n) is 8.78. The number of fused-ring (bicyclic) bond motifs is 1. The summed E-state index contributed by atoms with van der Waals surface area (Å²) in [5.41, 5.74) is 0.558. The van der Waals surface area contributed by atoms with E-state index in [1.807, 2.05) is 39.0 Å². The fourth-order valence-electron chi connectivity index (χ4n) is 2.66. The first kappa shape index (κ1) is 19.6. The average Bonchev–Trinajstić information content (AvgIpc) is 2.64. The molecule has 28 heavy (non-hydrogen) atoms. The largest absolute Gasteiger partial charge is 0.460 e. The Kier molecular flexibility index (Phi) is 5.52. The molecule has 0 bridgehead atoms. The molecule has 6 nitrogen and oxygen atoms in total. The topological polar surface area (TPSA) is 92.9 Å². The van der Waals surface area contributed by atoms with E-state index in [-0.39, 0.29) is 23.6 Å². The molecule has 1 aromatic carbocycles. The third kappa shape index (κ3) is 4.78. The van der Waals surface area contributed by atoms with Crippen LogP contribution in [0.2, 0.25) is 0 Å². The lowest BCUT2D eigenvalue weighted by atomic mass is 10.1. The SMILES string of the molecule is CC(C)(C)OC(=O)CCc1cc(C#N)nc(-c2nc(=O)c3ccccc3s2)c1. The number of nitrogens with zero attached hydrogens (tertiary/aromatic N) is 3. The Bertz CT molecular complexity index is 1140. The monoisotopic (exact) mass is 393 g/mol. The van der Waals surface area contributed by atoms with Crippen molar-refractivity contribution in [2.24, 2.45) is 0 Å². The number of esters is 1. The van der Waals surface area contributed by atoms with Crippen LogP contribution in [0.3, 0.4) is 0 Å². The minimum absolute atomic E-state index is 0.187. The summed E-state index contributed by atoms with van der Waals surface area (Å²) >= 11 is 1.34. The predicted octanol–water partition coefficient (Wildman–Crippen LogP) is 3.86. The molecule has 3 rings (SSSR count). The fourth-order valence-corrected chi connectivity index (χ4v) is 3.62. The number of aromatic nitrogens is 2. The van der Waals surface area contributed by atoms with E-state index in [1.165, 1.54) is 11.3 Å². The predicted molar refractivity (Wildman–Crippen MR) is 108 cm³/mol. The summed E-state index contributed by atoms with van der Waals surface area (Å²) in [7, 11) is 0. The van der Waals surface area contributed by atoms with Crippen LogP contribution >= 0.6 is 11.3 Å². The van der Waals surface area contributed by atoms with Crippen molar-refractivity contribution in [2.45, 2.75) is 39.2 Å². The molecule has 0 atom stereocenters. The van der Waals surface area contributed by atoms with E-state index >= 15 is 0 Å². The highest BCUT2D eigenvalue weighted by atomic mass is 32.1. The zero-order valence-electron chi connectivity index (χ0n) is 15.9. The van der Waals surface area contributed by atoms with Gasteiger partial charge in [0.15, 0.2) is 0 Å². The molecular formula is C21H19N3O3S. The van der Waals surface area contributed by atoms with Crippen LogP contribution in [0.1, 0.15) is 38.4 Å². The number of carbonyl (C=O) groups excluding carboxylic acids is 1. The van der Waals surface area contributed by atoms with Crippen LogP contribution in [0, 0.1) is 11.3 Å². The molecule has 0 fully saturated rings. The van der Waals surface area contributed by atoms with Gasteiger partial charge in [0.05, 0.1) is 5.39 Å². The Morgan fingerprint density at radius 1 is 1.21 bits per heavy atom. The lowest BCUT2D eigenvalue weighted by Crippen LogP contribution is -2.24. The van der Waals surface area contributed by atoms with Crippen molar-refractivity contribution in [1.82, 2.24) is 9.97 Å². The maximum atomic E-state index is 12.3. The van der Waals surface area contributed by atoms with Gasteiger partial charge in [-0.05, 0) is 57.0 Å². The number of ether oxygens (including phenoxy) is 1. The Morgan fingerprint density at radius 2 is 1.96 bits per heavy atom. The summed E-state index contributed by atoms with van der Waals surface area (Å²) in [6, 6.07) is 12.7. The first-order valence-corrected chi connectivity index (χ1v) is 9.60. The normalized spacial score (nSPS) is 11.2. The van der Waals surface area contributed by atoms with E-state index < -0.39 is 5.60 Å². The number of hydrogen-bond donors (Lipinski definition) is 0. The molecule has 0 N–H and O–H groups in total. The van der Waals surface area contributed by atoms with Gasteiger partial charge in [0.1, 0.15) is 28.1 Å². The van der Waals surface area contributed by atoms with Crippen LogP contribution < -0.4 is 5.56 Å². The lowest BCUT2D eigenvalue weighted by molar-refractivity contribution is -0.154. The molecule has 0 unspecified atom stereocenters. The van der Waals surface area contributed by atoms with Gasteiger partial charge in [0, 0.05) is 11.1 Å². The molecule has 0 amide bonds. The van der Waals surface area contributed by atoms with E-state index in [4.69, 9.17) is 4.74 Å². The van der Waals surface area contributed by atoms with Gasteiger partial charge in [-0.2, -0.15) is 10.2 Å². The van der Waals surface area contributed by atoms with Crippen molar-refractivity contribution in [3.8, 4) is 16.8 Å². The number of carbonyl (C=O) groups is 1. The number of benzene rings is 1. The van der Waals surface area contributed by atoms with Crippen molar-refractivity contribution in [3.63, 3.8) is 0 Å². The van der Waals surface area contributed by atoms with E-state index in [0.29, 0.717) is 22.5 Å². The van der Waals surface area contributed by atoms with E-state index in [0.717, 1.165) is 10.3 Å². The summed E-state index contributed by atoms with van der Waals surface area (Å²) < 4.78 is 6.13. The molecule has 142 valence electrons. The van der Waals surface area contributed by atoms with Crippen molar-refractivity contribution in [3.05, 3.63) is 58.0 Å². The molecule has 7 heteroatoms. The highest BCUT2D eigenvalue weighted by Crippen LogP contribution is 2.26. The highest BCUT2D eigenvalue weighted by Gasteiger charge is 2.17. The van der Waals surface area contributed by atoms with Crippen LogP contribution in [0.15, 0.2) is 41.2 Å². The Morgan fingerprint density at radius 3 is 2.68 bits per heavy atom. The summed E-state index contributed by atoms with van der Waals surface area (Å²) in [6.45, 7) is 5.45. The van der Waals surface area contributed by atoms with Gasteiger partial charge in [0.25, 0.3) is 5.56 Å². The maximum Gasteiger partial charge on any atom is 0.306 e. The Hall–Kier alpha value is -3.11. The summed E-state index contributed by atoms with van der Waals surface area (Å²) in [5.74, 6) is -0.308. The third-order valence-electron chi connectivity index (χ3n) is 3.78. The van der Waals surface area contributed by atoms with Gasteiger partial charge in [-0.15, -0.1) is 11.3 Å². The third-order valence-corrected chi connectivity index (χ3v) is 4.85. The van der Waals surface area contributed by atoms with Gasteiger partial charge in [-0.1, -0.05) is 12.1 Å². The lowest BCUT2D eigenvalue weighted by Gasteiger charge is -2.19. The summed E-state index contributed by atoms with van der Waals surface area (Å²) in [4.78, 5) is 32.7. The molecule has 0 saturated carbocycles. The van der Waals surface area contributed by atoms with Gasteiger partial charge in [-0.3, -0.25) is 9.59 Å². The zero-order chi connectivity index (χ0) is 20.3. The van der Waals surface area contributed by atoms with Crippen LogP contribution in [0.4, 0.5) is 0 Å². The number of nitriles is 1. The molecule has 0 aliphatic carbocycles. The molecule has 0 saturated heterocycles. The number of hydrogen-bond acceptors (Lipinski definition) is 7. The highest BCUT2D eigenvalue weighted by molar-refractivity contribution is 7.21.